The van der Waals surface area contributed by atoms with Crippen LogP contribution in [0, 0.1) is 20.8 Å². The molecule has 1 N–H and O–H groups in total. The smallest absolute Gasteiger partial charge is 0.0674 e. The summed E-state index contributed by atoms with van der Waals surface area (Å²) in [4.78, 5) is 0. The Hall–Kier alpha value is -1.61. The summed E-state index contributed by atoms with van der Waals surface area (Å²) in [6, 6.07) is 8.65. The molecule has 0 saturated heterocycles. The first-order valence-electron chi connectivity index (χ1n) is 6.39. The van der Waals surface area contributed by atoms with E-state index < -0.39 is 0 Å². The second-order valence-corrected chi connectivity index (χ2v) is 4.74. The lowest BCUT2D eigenvalue weighted by molar-refractivity contribution is 0.569. The number of benzene rings is 1. The Morgan fingerprint density at radius 1 is 1.11 bits per heavy atom. The highest BCUT2D eigenvalue weighted by Gasteiger charge is 2.12. The summed E-state index contributed by atoms with van der Waals surface area (Å²) in [7, 11) is 1.96. The molecule has 1 aromatic carbocycles. The van der Waals surface area contributed by atoms with Crippen molar-refractivity contribution in [1.29, 1.82) is 0 Å². The lowest BCUT2D eigenvalue weighted by Crippen LogP contribution is -2.16. The van der Waals surface area contributed by atoms with E-state index >= 15 is 0 Å². The Balaban J connectivity index is 2.38. The molecule has 0 aliphatic heterocycles. The van der Waals surface area contributed by atoms with E-state index in [1.807, 2.05) is 7.05 Å². The molecule has 0 fully saturated rings. The topological polar surface area (TPSA) is 29.9 Å². The maximum absolute atomic E-state index is 4.62. The molecule has 0 atom stereocenters. The van der Waals surface area contributed by atoms with Gasteiger partial charge in [-0.15, -0.1) is 0 Å². The number of nitrogens with zero attached hydrogens (tertiary/aromatic N) is 2. The summed E-state index contributed by atoms with van der Waals surface area (Å²) >= 11 is 0. The summed E-state index contributed by atoms with van der Waals surface area (Å²) in [6.07, 6.45) is 0. The number of hydrogen-bond acceptors (Lipinski definition) is 2. The Morgan fingerprint density at radius 3 is 2.39 bits per heavy atom. The van der Waals surface area contributed by atoms with Crippen LogP contribution in [0.1, 0.15) is 17.0 Å². The van der Waals surface area contributed by atoms with Crippen molar-refractivity contribution in [3.63, 3.8) is 0 Å². The molecule has 96 valence electrons. The maximum Gasteiger partial charge on any atom is 0.0674 e. The fourth-order valence-electron chi connectivity index (χ4n) is 2.27. The predicted octanol–water partition coefficient (Wildman–Crippen LogP) is 2.69. The molecule has 1 aromatic heterocycles. The van der Waals surface area contributed by atoms with Crippen molar-refractivity contribution in [2.24, 2.45) is 0 Å². The number of aryl methyl sites for hydroxylation is 2. The molecule has 2 aromatic rings. The molecule has 2 rings (SSSR count). The van der Waals surface area contributed by atoms with Gasteiger partial charge in [0.15, 0.2) is 0 Å². The molecular formula is C15H21N3. The van der Waals surface area contributed by atoms with Crippen molar-refractivity contribution in [3.05, 3.63) is 41.2 Å². The van der Waals surface area contributed by atoms with Gasteiger partial charge in [0.2, 0.25) is 0 Å². The zero-order valence-corrected chi connectivity index (χ0v) is 11.6. The minimum Gasteiger partial charge on any atom is -0.318 e. The first-order valence-corrected chi connectivity index (χ1v) is 6.39. The summed E-state index contributed by atoms with van der Waals surface area (Å²) in [6.45, 7) is 8.19. The summed E-state index contributed by atoms with van der Waals surface area (Å²) in [5.41, 5.74) is 6.16. The van der Waals surface area contributed by atoms with Crippen molar-refractivity contribution in [3.8, 4) is 11.1 Å². The van der Waals surface area contributed by atoms with Crippen LogP contribution in [0.3, 0.4) is 0 Å². The SMILES string of the molecule is CNCCn1nc(C)c(-c2ccc(C)cc2)c1C. The third-order valence-electron chi connectivity index (χ3n) is 3.30. The molecule has 0 unspecified atom stereocenters. The molecular weight excluding hydrogens is 222 g/mol. The number of hydrogen-bond donors (Lipinski definition) is 1. The molecule has 0 spiro atoms. The van der Waals surface area contributed by atoms with E-state index in [9.17, 15) is 0 Å². The van der Waals surface area contributed by atoms with Gasteiger partial charge in [-0.1, -0.05) is 29.8 Å². The van der Waals surface area contributed by atoms with E-state index in [2.05, 4.69) is 60.1 Å². The van der Waals surface area contributed by atoms with Crippen molar-refractivity contribution >= 4 is 0 Å². The van der Waals surface area contributed by atoms with Gasteiger partial charge in [-0.05, 0) is 33.4 Å². The fraction of sp³-hybridized carbons (Fsp3) is 0.400. The van der Waals surface area contributed by atoms with E-state index in [0.29, 0.717) is 0 Å². The average Bonchev–Trinajstić information content (AvgIpc) is 2.63. The van der Waals surface area contributed by atoms with Crippen LogP contribution < -0.4 is 5.32 Å². The zero-order chi connectivity index (χ0) is 13.1. The third kappa shape index (κ3) is 2.46. The fourth-order valence-corrected chi connectivity index (χ4v) is 2.27. The minimum absolute atomic E-state index is 0.912. The van der Waals surface area contributed by atoms with Crippen LogP contribution in [0.5, 0.6) is 0 Å². The second kappa shape index (κ2) is 5.36. The van der Waals surface area contributed by atoms with Gasteiger partial charge >= 0.3 is 0 Å². The van der Waals surface area contributed by atoms with E-state index in [0.717, 1.165) is 18.8 Å². The molecule has 0 bridgehead atoms. The van der Waals surface area contributed by atoms with Crippen molar-refractivity contribution in [1.82, 2.24) is 15.1 Å². The summed E-state index contributed by atoms with van der Waals surface area (Å²) in [5, 5.41) is 7.78. The van der Waals surface area contributed by atoms with E-state index in [1.54, 1.807) is 0 Å². The van der Waals surface area contributed by atoms with Gasteiger partial charge in [0.1, 0.15) is 0 Å². The highest BCUT2D eigenvalue weighted by molar-refractivity contribution is 5.68. The van der Waals surface area contributed by atoms with Crippen LogP contribution in [0.15, 0.2) is 24.3 Å². The lowest BCUT2D eigenvalue weighted by Gasteiger charge is -2.05. The van der Waals surface area contributed by atoms with Gasteiger partial charge in [0.25, 0.3) is 0 Å². The van der Waals surface area contributed by atoms with Crippen LogP contribution in [0.4, 0.5) is 0 Å². The summed E-state index contributed by atoms with van der Waals surface area (Å²) < 4.78 is 2.08. The van der Waals surface area contributed by atoms with Crippen LogP contribution in [-0.4, -0.2) is 23.4 Å². The number of nitrogens with one attached hydrogen (secondary N) is 1. The third-order valence-corrected chi connectivity index (χ3v) is 3.30. The van der Waals surface area contributed by atoms with Crippen molar-refractivity contribution in [2.45, 2.75) is 27.3 Å². The Morgan fingerprint density at radius 2 is 1.78 bits per heavy atom. The molecule has 0 amide bonds. The highest BCUT2D eigenvalue weighted by atomic mass is 15.3. The van der Waals surface area contributed by atoms with Crippen molar-refractivity contribution in [2.75, 3.05) is 13.6 Å². The van der Waals surface area contributed by atoms with Crippen molar-refractivity contribution < 1.29 is 0 Å². The van der Waals surface area contributed by atoms with Gasteiger partial charge in [-0.3, -0.25) is 4.68 Å². The quantitative estimate of drug-likeness (QED) is 0.894. The molecule has 3 nitrogen and oxygen atoms in total. The van der Waals surface area contributed by atoms with E-state index in [1.165, 1.54) is 22.4 Å². The van der Waals surface area contributed by atoms with E-state index in [4.69, 9.17) is 0 Å². The standard InChI is InChI=1S/C15H21N3/c1-11-5-7-14(8-6-11)15-12(2)17-18(13(15)3)10-9-16-4/h5-8,16H,9-10H2,1-4H3. The number of likely N-dealkylation sites (N-methyl/N-ethyl adjacent to an activating group) is 1. The Labute approximate surface area is 109 Å². The minimum atomic E-state index is 0.912. The Kier molecular flexibility index (Phi) is 3.82. The van der Waals surface area contributed by atoms with Gasteiger partial charge in [0, 0.05) is 17.8 Å². The number of rotatable bonds is 4. The second-order valence-electron chi connectivity index (χ2n) is 4.74. The molecule has 3 heteroatoms. The van der Waals surface area contributed by atoms with Gasteiger partial charge in [0.05, 0.1) is 12.2 Å². The van der Waals surface area contributed by atoms with Crippen LogP contribution >= 0.6 is 0 Å². The molecule has 0 aliphatic rings. The van der Waals surface area contributed by atoms with Crippen LogP contribution in [0.2, 0.25) is 0 Å². The van der Waals surface area contributed by atoms with Gasteiger partial charge in [-0.25, -0.2) is 0 Å². The molecule has 0 saturated carbocycles. The normalized spacial score (nSPS) is 10.9. The predicted molar refractivity (Wildman–Crippen MR) is 75.8 cm³/mol. The Bertz CT molecular complexity index is 523. The van der Waals surface area contributed by atoms with Gasteiger partial charge in [-0.2, -0.15) is 5.10 Å². The molecule has 0 aliphatic carbocycles. The zero-order valence-electron chi connectivity index (χ0n) is 11.6. The highest BCUT2D eigenvalue weighted by Crippen LogP contribution is 2.26. The van der Waals surface area contributed by atoms with Crippen LogP contribution in [-0.2, 0) is 6.54 Å². The first kappa shape index (κ1) is 12.8. The monoisotopic (exact) mass is 243 g/mol. The van der Waals surface area contributed by atoms with Gasteiger partial charge < -0.3 is 5.32 Å². The van der Waals surface area contributed by atoms with Crippen LogP contribution in [0.25, 0.3) is 11.1 Å². The lowest BCUT2D eigenvalue weighted by atomic mass is 10.0. The maximum atomic E-state index is 4.62. The summed E-state index contributed by atoms with van der Waals surface area (Å²) in [5.74, 6) is 0. The largest absolute Gasteiger partial charge is 0.318 e. The molecule has 18 heavy (non-hydrogen) atoms. The average molecular weight is 243 g/mol. The first-order chi connectivity index (χ1) is 8.63. The molecule has 0 radical (unpaired) electrons. The molecule has 1 heterocycles. The van der Waals surface area contributed by atoms with E-state index in [-0.39, 0.29) is 0 Å². The number of aromatic nitrogens is 2.